The number of carbonyl (C=O) groups excluding carboxylic acids is 3. The van der Waals surface area contributed by atoms with Crippen molar-refractivity contribution in [3.63, 3.8) is 0 Å². The van der Waals surface area contributed by atoms with E-state index < -0.39 is 6.10 Å². The molecule has 0 saturated carbocycles. The third-order valence-corrected chi connectivity index (χ3v) is 11.1. The van der Waals surface area contributed by atoms with Gasteiger partial charge in [-0.3, -0.25) is 14.4 Å². The van der Waals surface area contributed by atoms with E-state index in [2.05, 4.69) is 34.6 Å². The molecule has 0 spiro atoms. The summed E-state index contributed by atoms with van der Waals surface area (Å²) in [6, 6.07) is 0. The second-order valence-electron chi connectivity index (χ2n) is 17.1. The predicted octanol–water partition coefficient (Wildman–Crippen LogP) is 15.0. The number of esters is 3. The predicted molar refractivity (Wildman–Crippen MR) is 229 cm³/mol. The van der Waals surface area contributed by atoms with Crippen molar-refractivity contribution in [2.45, 2.75) is 265 Å². The fourth-order valence-electron chi connectivity index (χ4n) is 7.07. The Morgan fingerprint density at radius 3 is 1.06 bits per heavy atom. The molecule has 0 aliphatic carbocycles. The summed E-state index contributed by atoms with van der Waals surface area (Å²) in [7, 11) is 0. The van der Waals surface area contributed by atoms with Gasteiger partial charge in [-0.2, -0.15) is 0 Å². The van der Waals surface area contributed by atoms with E-state index in [1.807, 2.05) is 0 Å². The van der Waals surface area contributed by atoms with E-state index in [0.717, 1.165) is 69.6 Å². The third-order valence-electron chi connectivity index (χ3n) is 11.1. The Kier molecular flexibility index (Phi) is 39.8. The maximum Gasteiger partial charge on any atom is 0.306 e. The molecule has 6 heteroatoms. The Bertz CT molecular complexity index is 826. The van der Waals surface area contributed by atoms with Gasteiger partial charge in [0, 0.05) is 19.3 Å². The van der Waals surface area contributed by atoms with Crippen LogP contribution in [0.4, 0.5) is 0 Å². The van der Waals surface area contributed by atoms with Crippen LogP contribution >= 0.6 is 0 Å². The lowest BCUT2D eigenvalue weighted by Crippen LogP contribution is -2.30. The van der Waals surface area contributed by atoms with E-state index in [9.17, 15) is 14.4 Å². The van der Waals surface area contributed by atoms with Gasteiger partial charge in [0.05, 0.1) is 0 Å². The summed E-state index contributed by atoms with van der Waals surface area (Å²) in [5.74, 6) is 0.799. The molecule has 0 fully saturated rings. The number of hydrogen-bond donors (Lipinski definition) is 0. The van der Waals surface area contributed by atoms with Crippen LogP contribution in [0.5, 0.6) is 0 Å². The Morgan fingerprint density at radius 1 is 0.389 bits per heavy atom. The molecular weight excluding hydrogens is 673 g/mol. The highest BCUT2D eigenvalue weighted by Crippen LogP contribution is 2.17. The molecule has 0 aliphatic rings. The zero-order chi connectivity index (χ0) is 39.7. The summed E-state index contributed by atoms with van der Waals surface area (Å²) in [4.78, 5) is 37.6. The van der Waals surface area contributed by atoms with Crippen LogP contribution in [-0.4, -0.2) is 37.2 Å². The minimum Gasteiger partial charge on any atom is -0.462 e. The van der Waals surface area contributed by atoms with Crippen molar-refractivity contribution in [1.82, 2.24) is 0 Å². The van der Waals surface area contributed by atoms with Crippen molar-refractivity contribution in [3.8, 4) is 0 Å². The van der Waals surface area contributed by atoms with E-state index in [1.54, 1.807) is 0 Å². The molecule has 0 N–H and O–H groups in total. The van der Waals surface area contributed by atoms with Crippen LogP contribution in [0.15, 0.2) is 0 Å². The van der Waals surface area contributed by atoms with Gasteiger partial charge < -0.3 is 14.2 Å². The molecule has 0 radical (unpaired) electrons. The van der Waals surface area contributed by atoms with E-state index in [1.165, 1.54) is 148 Å². The Labute approximate surface area is 336 Å². The van der Waals surface area contributed by atoms with E-state index in [0.29, 0.717) is 19.3 Å². The molecule has 0 amide bonds. The van der Waals surface area contributed by atoms with Crippen molar-refractivity contribution in [2.75, 3.05) is 13.2 Å². The maximum atomic E-state index is 12.7. The minimum atomic E-state index is -0.760. The molecule has 0 aromatic carbocycles. The third kappa shape index (κ3) is 40.1. The normalized spacial score (nSPS) is 12.6. The van der Waals surface area contributed by atoms with Crippen LogP contribution in [0.25, 0.3) is 0 Å². The van der Waals surface area contributed by atoms with Gasteiger partial charge in [-0.1, -0.05) is 221 Å². The van der Waals surface area contributed by atoms with Crippen LogP contribution in [0.2, 0.25) is 0 Å². The molecule has 0 rings (SSSR count). The standard InChI is InChI=1S/C48H92O6/c1-6-8-9-10-21-28-33-38-46(49)52-41-45(54-48(51)40-35-30-25-24-27-32-37-44(5)7-2)42-53-47(50)39-34-29-23-20-18-16-14-12-11-13-15-17-19-22-26-31-36-43(3)4/h43-45H,6-42H2,1-5H3/t44?,45-/m0/s1. The number of unbranched alkanes of at least 4 members (excludes halogenated alkanes) is 26. The quantitative estimate of drug-likeness (QED) is 0.0350. The van der Waals surface area contributed by atoms with Gasteiger partial charge in [-0.05, 0) is 31.1 Å². The van der Waals surface area contributed by atoms with E-state index in [-0.39, 0.29) is 31.1 Å². The smallest absolute Gasteiger partial charge is 0.306 e. The van der Waals surface area contributed by atoms with Crippen molar-refractivity contribution < 1.29 is 28.6 Å². The van der Waals surface area contributed by atoms with Crippen LogP contribution < -0.4 is 0 Å². The van der Waals surface area contributed by atoms with Crippen molar-refractivity contribution in [1.29, 1.82) is 0 Å². The lowest BCUT2D eigenvalue weighted by Gasteiger charge is -2.18. The Balaban J connectivity index is 4.16. The molecule has 0 saturated heterocycles. The monoisotopic (exact) mass is 765 g/mol. The molecule has 320 valence electrons. The second kappa shape index (κ2) is 41.1. The maximum absolute atomic E-state index is 12.7. The van der Waals surface area contributed by atoms with Crippen LogP contribution in [0.3, 0.4) is 0 Å². The molecular formula is C48H92O6. The molecule has 0 heterocycles. The molecule has 0 aliphatic heterocycles. The second-order valence-corrected chi connectivity index (χ2v) is 17.1. The number of hydrogen-bond acceptors (Lipinski definition) is 6. The average Bonchev–Trinajstić information content (AvgIpc) is 3.15. The molecule has 0 aromatic heterocycles. The first-order chi connectivity index (χ1) is 26.3. The molecule has 0 aromatic rings. The van der Waals surface area contributed by atoms with Gasteiger partial charge in [0.15, 0.2) is 6.10 Å². The summed E-state index contributed by atoms with van der Waals surface area (Å²) < 4.78 is 16.7. The van der Waals surface area contributed by atoms with Gasteiger partial charge in [-0.15, -0.1) is 0 Å². The molecule has 6 nitrogen and oxygen atoms in total. The Morgan fingerprint density at radius 2 is 0.704 bits per heavy atom. The fraction of sp³-hybridized carbons (Fsp3) is 0.938. The summed E-state index contributed by atoms with van der Waals surface area (Å²) >= 11 is 0. The highest BCUT2D eigenvalue weighted by molar-refractivity contribution is 5.71. The largest absolute Gasteiger partial charge is 0.462 e. The summed E-state index contributed by atoms with van der Waals surface area (Å²) in [6.45, 7) is 11.3. The number of carbonyl (C=O) groups is 3. The molecule has 1 unspecified atom stereocenters. The van der Waals surface area contributed by atoms with E-state index >= 15 is 0 Å². The van der Waals surface area contributed by atoms with Gasteiger partial charge >= 0.3 is 17.9 Å². The molecule has 54 heavy (non-hydrogen) atoms. The fourth-order valence-corrected chi connectivity index (χ4v) is 7.07. The first-order valence-electron chi connectivity index (χ1n) is 23.8. The first-order valence-corrected chi connectivity index (χ1v) is 23.8. The average molecular weight is 765 g/mol. The van der Waals surface area contributed by atoms with Crippen LogP contribution in [-0.2, 0) is 28.6 Å². The lowest BCUT2D eigenvalue weighted by molar-refractivity contribution is -0.167. The zero-order valence-corrected chi connectivity index (χ0v) is 36.8. The number of ether oxygens (including phenoxy) is 3. The van der Waals surface area contributed by atoms with E-state index in [4.69, 9.17) is 14.2 Å². The SMILES string of the molecule is CCCCCCCCCC(=O)OC[C@@H](COC(=O)CCCCCCCCCCCCCCCCCCC(C)C)OC(=O)CCCCCCCCC(C)CC. The van der Waals surface area contributed by atoms with Gasteiger partial charge in [0.1, 0.15) is 13.2 Å². The van der Waals surface area contributed by atoms with Crippen molar-refractivity contribution >= 4 is 17.9 Å². The lowest BCUT2D eigenvalue weighted by atomic mass is 10.00. The summed E-state index contributed by atoms with van der Waals surface area (Å²) in [5, 5.41) is 0. The molecule has 0 bridgehead atoms. The van der Waals surface area contributed by atoms with Gasteiger partial charge in [0.25, 0.3) is 0 Å². The minimum absolute atomic E-state index is 0.0656. The highest BCUT2D eigenvalue weighted by Gasteiger charge is 2.19. The van der Waals surface area contributed by atoms with Crippen LogP contribution in [0, 0.1) is 11.8 Å². The van der Waals surface area contributed by atoms with Gasteiger partial charge in [0.2, 0.25) is 0 Å². The topological polar surface area (TPSA) is 78.9 Å². The summed E-state index contributed by atoms with van der Waals surface area (Å²) in [6.07, 6.45) is 39.6. The first kappa shape index (κ1) is 52.4. The van der Waals surface area contributed by atoms with Crippen molar-refractivity contribution in [2.24, 2.45) is 11.8 Å². The molecule has 2 atom stereocenters. The number of rotatable bonds is 42. The highest BCUT2D eigenvalue weighted by atomic mass is 16.6. The zero-order valence-electron chi connectivity index (χ0n) is 36.8. The van der Waals surface area contributed by atoms with Crippen LogP contribution in [0.1, 0.15) is 259 Å². The Hall–Kier alpha value is -1.59. The van der Waals surface area contributed by atoms with Crippen molar-refractivity contribution in [3.05, 3.63) is 0 Å². The van der Waals surface area contributed by atoms with Gasteiger partial charge in [-0.25, -0.2) is 0 Å². The summed E-state index contributed by atoms with van der Waals surface area (Å²) in [5.41, 5.74) is 0.